The third kappa shape index (κ3) is 3.80. The summed E-state index contributed by atoms with van der Waals surface area (Å²) in [4.78, 5) is 15.0. The first-order valence-electron chi connectivity index (χ1n) is 7.93. The first-order chi connectivity index (χ1) is 10.3. The van der Waals surface area contributed by atoms with Crippen molar-refractivity contribution in [2.45, 2.75) is 31.9 Å². The highest BCUT2D eigenvalue weighted by Gasteiger charge is 2.35. The summed E-state index contributed by atoms with van der Waals surface area (Å²) in [7, 11) is 0. The summed E-state index contributed by atoms with van der Waals surface area (Å²) in [5.74, 6) is 0.404. The maximum Gasteiger partial charge on any atom is 0.227 e. The zero-order valence-electron chi connectivity index (χ0n) is 13.0. The molecule has 2 fully saturated rings. The van der Waals surface area contributed by atoms with Crippen LogP contribution in [0.4, 0.5) is 0 Å². The van der Waals surface area contributed by atoms with E-state index in [4.69, 9.17) is 4.74 Å². The molecule has 0 radical (unpaired) electrons. The molecule has 2 aliphatic heterocycles. The van der Waals surface area contributed by atoms with E-state index in [1.165, 1.54) is 5.56 Å². The summed E-state index contributed by atoms with van der Waals surface area (Å²) in [5.41, 5.74) is 1.17. The van der Waals surface area contributed by atoms with Gasteiger partial charge in [0.1, 0.15) is 0 Å². The van der Waals surface area contributed by atoms with Crippen LogP contribution in [0.3, 0.4) is 0 Å². The van der Waals surface area contributed by atoms with E-state index in [9.17, 15) is 4.79 Å². The summed E-state index contributed by atoms with van der Waals surface area (Å²) in [5, 5.41) is 3.34. The van der Waals surface area contributed by atoms with Gasteiger partial charge in [0.05, 0.1) is 24.7 Å². The van der Waals surface area contributed by atoms with Crippen molar-refractivity contribution in [3.8, 4) is 0 Å². The van der Waals surface area contributed by atoms with Gasteiger partial charge < -0.3 is 15.0 Å². The number of rotatable bonds is 2. The Labute approximate surface area is 138 Å². The molecule has 0 aliphatic carbocycles. The normalized spacial score (nSPS) is 28.8. The van der Waals surface area contributed by atoms with Gasteiger partial charge >= 0.3 is 0 Å². The van der Waals surface area contributed by atoms with Gasteiger partial charge in [-0.1, -0.05) is 30.3 Å². The van der Waals surface area contributed by atoms with Crippen molar-refractivity contribution in [3.63, 3.8) is 0 Å². The standard InChI is InChI=1S/C17H24N2O2.ClH/c1-13-11-19(17(20)15-8-5-9-18-10-15)16(12-21-13)14-6-3-2-4-7-14;/h2-4,6-7,13,15-16,18H,5,8-12H2,1H3;1H. The highest BCUT2D eigenvalue weighted by molar-refractivity contribution is 5.85. The minimum Gasteiger partial charge on any atom is -0.374 e. The van der Waals surface area contributed by atoms with Crippen LogP contribution in [-0.4, -0.2) is 43.2 Å². The Morgan fingerprint density at radius 3 is 2.77 bits per heavy atom. The second-order valence-electron chi connectivity index (χ2n) is 6.10. The van der Waals surface area contributed by atoms with Crippen LogP contribution in [0.15, 0.2) is 30.3 Å². The number of piperidine rings is 1. The predicted molar refractivity (Wildman–Crippen MR) is 89.2 cm³/mol. The van der Waals surface area contributed by atoms with Gasteiger partial charge in [0.25, 0.3) is 0 Å². The zero-order valence-corrected chi connectivity index (χ0v) is 13.8. The molecule has 22 heavy (non-hydrogen) atoms. The topological polar surface area (TPSA) is 41.6 Å². The van der Waals surface area contributed by atoms with Crippen molar-refractivity contribution < 1.29 is 9.53 Å². The van der Waals surface area contributed by atoms with E-state index in [1.807, 2.05) is 30.0 Å². The van der Waals surface area contributed by atoms with Crippen LogP contribution in [0.2, 0.25) is 0 Å². The lowest BCUT2D eigenvalue weighted by molar-refractivity contribution is -0.149. The third-order valence-electron chi connectivity index (χ3n) is 4.48. The van der Waals surface area contributed by atoms with Crippen molar-refractivity contribution in [1.29, 1.82) is 0 Å². The Morgan fingerprint density at radius 2 is 2.09 bits per heavy atom. The van der Waals surface area contributed by atoms with Crippen molar-refractivity contribution in [2.75, 3.05) is 26.2 Å². The molecule has 0 saturated carbocycles. The summed E-state index contributed by atoms with van der Waals surface area (Å²) in [6.45, 7) is 5.17. The smallest absolute Gasteiger partial charge is 0.227 e. The quantitative estimate of drug-likeness (QED) is 0.908. The highest BCUT2D eigenvalue weighted by Crippen LogP contribution is 2.28. The van der Waals surface area contributed by atoms with Gasteiger partial charge in [-0.25, -0.2) is 0 Å². The number of benzene rings is 1. The van der Waals surface area contributed by atoms with Crippen molar-refractivity contribution >= 4 is 18.3 Å². The molecule has 2 aliphatic rings. The molecule has 4 nitrogen and oxygen atoms in total. The van der Waals surface area contributed by atoms with E-state index in [0.29, 0.717) is 13.2 Å². The van der Waals surface area contributed by atoms with Gasteiger partial charge in [-0.3, -0.25) is 4.79 Å². The molecular formula is C17H25ClN2O2. The van der Waals surface area contributed by atoms with E-state index in [0.717, 1.165) is 25.9 Å². The van der Waals surface area contributed by atoms with Crippen LogP contribution in [0.25, 0.3) is 0 Å². The number of carbonyl (C=O) groups excluding carboxylic acids is 1. The van der Waals surface area contributed by atoms with E-state index in [1.54, 1.807) is 0 Å². The molecule has 0 spiro atoms. The van der Waals surface area contributed by atoms with Crippen molar-refractivity contribution in [2.24, 2.45) is 5.92 Å². The van der Waals surface area contributed by atoms with Gasteiger partial charge in [0.2, 0.25) is 5.91 Å². The average molecular weight is 325 g/mol. The molecule has 3 rings (SSSR count). The Kier molecular flexibility index (Phi) is 6.24. The van der Waals surface area contributed by atoms with Crippen LogP contribution < -0.4 is 5.32 Å². The number of halogens is 1. The van der Waals surface area contributed by atoms with Gasteiger partial charge in [-0.15, -0.1) is 12.4 Å². The summed E-state index contributed by atoms with van der Waals surface area (Å²) in [6, 6.07) is 10.3. The third-order valence-corrected chi connectivity index (χ3v) is 4.48. The largest absolute Gasteiger partial charge is 0.374 e. The number of nitrogens with one attached hydrogen (secondary N) is 1. The monoisotopic (exact) mass is 324 g/mol. The minimum atomic E-state index is 0. The maximum atomic E-state index is 12.9. The predicted octanol–water partition coefficient (Wildman–Crippen LogP) is 2.40. The van der Waals surface area contributed by atoms with Crippen LogP contribution >= 0.6 is 12.4 Å². The highest BCUT2D eigenvalue weighted by atomic mass is 35.5. The molecule has 2 heterocycles. The number of hydrogen-bond donors (Lipinski definition) is 1. The van der Waals surface area contributed by atoms with Crippen LogP contribution in [0.1, 0.15) is 31.4 Å². The molecule has 1 N–H and O–H groups in total. The zero-order chi connectivity index (χ0) is 14.7. The van der Waals surface area contributed by atoms with Crippen molar-refractivity contribution in [3.05, 3.63) is 35.9 Å². The number of amides is 1. The Hall–Kier alpha value is -1.10. The molecular weight excluding hydrogens is 300 g/mol. The molecule has 0 aromatic heterocycles. The summed E-state index contributed by atoms with van der Waals surface area (Å²) < 4.78 is 5.80. The molecule has 3 atom stereocenters. The van der Waals surface area contributed by atoms with E-state index in [-0.39, 0.29) is 36.4 Å². The lowest BCUT2D eigenvalue weighted by Gasteiger charge is -2.41. The molecule has 3 unspecified atom stereocenters. The molecule has 1 aromatic carbocycles. The number of nitrogens with zero attached hydrogens (tertiary/aromatic N) is 1. The lowest BCUT2D eigenvalue weighted by atomic mass is 9.95. The SMILES string of the molecule is CC1CN(C(=O)C2CCCNC2)C(c2ccccc2)CO1.Cl. The minimum absolute atomic E-state index is 0. The fourth-order valence-electron chi connectivity index (χ4n) is 3.29. The number of carbonyl (C=O) groups is 1. The maximum absolute atomic E-state index is 12.9. The first kappa shape index (κ1) is 17.3. The molecule has 1 aromatic rings. The Balaban J connectivity index is 0.00000176. The Morgan fingerprint density at radius 1 is 1.32 bits per heavy atom. The summed E-state index contributed by atoms with van der Waals surface area (Å²) in [6.07, 6.45) is 2.20. The van der Waals surface area contributed by atoms with E-state index < -0.39 is 0 Å². The van der Waals surface area contributed by atoms with Crippen molar-refractivity contribution in [1.82, 2.24) is 10.2 Å². The molecule has 1 amide bonds. The first-order valence-corrected chi connectivity index (χ1v) is 7.93. The fraction of sp³-hybridized carbons (Fsp3) is 0.588. The van der Waals surface area contributed by atoms with Crippen LogP contribution in [0.5, 0.6) is 0 Å². The van der Waals surface area contributed by atoms with Crippen LogP contribution in [-0.2, 0) is 9.53 Å². The number of ether oxygens (including phenoxy) is 1. The van der Waals surface area contributed by atoms with Gasteiger partial charge in [-0.2, -0.15) is 0 Å². The Bertz CT molecular complexity index is 477. The molecule has 5 heteroatoms. The van der Waals surface area contributed by atoms with Crippen LogP contribution in [0, 0.1) is 5.92 Å². The fourth-order valence-corrected chi connectivity index (χ4v) is 3.29. The molecule has 0 bridgehead atoms. The summed E-state index contributed by atoms with van der Waals surface area (Å²) >= 11 is 0. The van der Waals surface area contributed by atoms with Gasteiger partial charge in [0, 0.05) is 13.1 Å². The second-order valence-corrected chi connectivity index (χ2v) is 6.10. The lowest BCUT2D eigenvalue weighted by Crippen LogP contribution is -2.51. The molecule has 122 valence electrons. The van der Waals surface area contributed by atoms with E-state index >= 15 is 0 Å². The van der Waals surface area contributed by atoms with E-state index in [2.05, 4.69) is 17.4 Å². The van der Waals surface area contributed by atoms with Gasteiger partial charge in [0.15, 0.2) is 0 Å². The second kappa shape index (κ2) is 7.95. The number of morpholine rings is 1. The molecule has 2 saturated heterocycles. The van der Waals surface area contributed by atoms with Gasteiger partial charge in [-0.05, 0) is 31.9 Å². The average Bonchev–Trinajstić information content (AvgIpc) is 2.56. The number of hydrogen-bond acceptors (Lipinski definition) is 3.